The van der Waals surface area contributed by atoms with Crippen molar-refractivity contribution in [3.05, 3.63) is 0 Å². The first-order chi connectivity index (χ1) is 4.81. The molecular weight excluding hydrogens is 337 g/mol. The summed E-state index contributed by atoms with van der Waals surface area (Å²) in [4.78, 5) is 11.0. The van der Waals surface area contributed by atoms with Crippen molar-refractivity contribution in [2.24, 2.45) is 0 Å². The third-order valence-corrected chi connectivity index (χ3v) is 1.29. The van der Waals surface area contributed by atoms with Crippen molar-refractivity contribution in [1.29, 1.82) is 0 Å². The SMILES string of the molecule is C[CH]([Pb])NC(=O)OC(C)(C)C. The third-order valence-electron chi connectivity index (χ3n) is 0.733. The van der Waals surface area contributed by atoms with E-state index < -0.39 is 0 Å². The molecule has 63 valence electrons. The molecule has 0 aliphatic rings. The molecule has 0 aromatic rings. The van der Waals surface area contributed by atoms with Gasteiger partial charge in [0.25, 0.3) is 0 Å². The van der Waals surface area contributed by atoms with Gasteiger partial charge in [0.05, 0.1) is 0 Å². The van der Waals surface area contributed by atoms with Crippen LogP contribution < -0.4 is 5.32 Å². The van der Waals surface area contributed by atoms with Crippen LogP contribution in [0.1, 0.15) is 27.7 Å². The molecule has 0 saturated heterocycles. The van der Waals surface area contributed by atoms with Crippen LogP contribution in [0.2, 0.25) is 0 Å². The van der Waals surface area contributed by atoms with Gasteiger partial charge >= 0.3 is 83.6 Å². The zero-order valence-corrected chi connectivity index (χ0v) is 11.3. The number of carbonyl (C=O) groups excluding carboxylic acids is 1. The molecule has 0 fully saturated rings. The van der Waals surface area contributed by atoms with Crippen LogP contribution in [-0.4, -0.2) is 41.1 Å². The van der Waals surface area contributed by atoms with Crippen molar-refractivity contribution in [2.75, 3.05) is 0 Å². The Hall–Kier alpha value is 0.192. The fourth-order valence-electron chi connectivity index (χ4n) is 0.484. The van der Waals surface area contributed by atoms with Crippen LogP contribution in [0.25, 0.3) is 0 Å². The molecule has 0 rings (SSSR count). The van der Waals surface area contributed by atoms with Gasteiger partial charge in [0.15, 0.2) is 0 Å². The summed E-state index contributed by atoms with van der Waals surface area (Å²) in [6.45, 7) is 7.51. The summed E-state index contributed by atoms with van der Waals surface area (Å²) in [6.07, 6.45) is -0.319. The molecule has 0 aliphatic carbocycles. The van der Waals surface area contributed by atoms with Crippen LogP contribution in [0.5, 0.6) is 0 Å². The number of alkyl carbamates (subject to hydrolysis) is 1. The molecule has 0 spiro atoms. The molecule has 11 heavy (non-hydrogen) atoms. The van der Waals surface area contributed by atoms with E-state index >= 15 is 0 Å². The topological polar surface area (TPSA) is 38.3 Å². The number of hydrogen-bond donors (Lipinski definition) is 1. The van der Waals surface area contributed by atoms with Crippen molar-refractivity contribution < 1.29 is 9.53 Å². The van der Waals surface area contributed by atoms with Crippen LogP contribution in [0.15, 0.2) is 0 Å². The summed E-state index contributed by atoms with van der Waals surface area (Å²) in [5.41, 5.74) is -0.388. The van der Waals surface area contributed by atoms with Crippen molar-refractivity contribution in [3.63, 3.8) is 0 Å². The van der Waals surface area contributed by atoms with E-state index in [0.717, 1.165) is 25.8 Å². The second kappa shape index (κ2) is 4.28. The molecule has 0 saturated carbocycles. The Bertz CT molecular complexity index is 140. The van der Waals surface area contributed by atoms with Crippen LogP contribution in [-0.2, 0) is 4.74 Å². The fourth-order valence-corrected chi connectivity index (χ4v) is 0.942. The fraction of sp³-hybridized carbons (Fsp3) is 0.857. The number of carbonyl (C=O) groups is 1. The minimum absolute atomic E-state index is 0.268. The van der Waals surface area contributed by atoms with E-state index in [0.29, 0.717) is 0 Å². The van der Waals surface area contributed by atoms with E-state index in [2.05, 4.69) is 5.32 Å². The van der Waals surface area contributed by atoms with Crippen LogP contribution in [0, 0.1) is 0 Å². The molecule has 3 nitrogen and oxygen atoms in total. The summed E-state index contributed by atoms with van der Waals surface area (Å²) in [5, 5.41) is 2.70. The average Bonchev–Trinajstić information content (AvgIpc) is 1.53. The van der Waals surface area contributed by atoms with Gasteiger partial charge in [-0.25, -0.2) is 0 Å². The van der Waals surface area contributed by atoms with E-state index in [1.807, 2.05) is 27.7 Å². The predicted molar refractivity (Wildman–Crippen MR) is 44.6 cm³/mol. The van der Waals surface area contributed by atoms with Gasteiger partial charge < -0.3 is 0 Å². The van der Waals surface area contributed by atoms with E-state index in [-0.39, 0.29) is 15.3 Å². The first kappa shape index (κ1) is 11.2. The van der Waals surface area contributed by atoms with Crippen molar-refractivity contribution in [2.45, 2.75) is 36.9 Å². The summed E-state index contributed by atoms with van der Waals surface area (Å²) in [5.74, 6) is 0. The molecule has 1 atom stereocenters. The van der Waals surface area contributed by atoms with E-state index in [9.17, 15) is 4.79 Å². The van der Waals surface area contributed by atoms with Gasteiger partial charge in [-0.15, -0.1) is 0 Å². The Balaban J connectivity index is 3.71. The summed E-state index contributed by atoms with van der Waals surface area (Å²) < 4.78 is 5.29. The number of ether oxygens (including phenoxy) is 1. The molecule has 4 heteroatoms. The summed E-state index contributed by atoms with van der Waals surface area (Å²) >= 11 is 0.946. The monoisotopic (exact) mass is 352 g/mol. The number of rotatable bonds is 1. The normalized spacial score (nSPS) is 13.9. The maximum absolute atomic E-state index is 11.0. The predicted octanol–water partition coefficient (Wildman–Crippen LogP) is 1.03. The Kier molecular flexibility index (Phi) is 4.35. The second-order valence-corrected chi connectivity index (χ2v) is 6.73. The van der Waals surface area contributed by atoms with E-state index in [1.54, 1.807) is 0 Å². The van der Waals surface area contributed by atoms with Crippen LogP contribution >= 0.6 is 0 Å². The third kappa shape index (κ3) is 8.10. The molecule has 0 bridgehead atoms. The standard InChI is InChI=1S/C7H14NO2.Pb/c1-5-8-6(9)10-7(2,3)4;/h5H,1-4H3,(H,8,9);. The molecular formula is C7H14NO2Pb. The zero-order valence-electron chi connectivity index (χ0n) is 7.39. The van der Waals surface area contributed by atoms with Crippen LogP contribution in [0.4, 0.5) is 4.79 Å². The summed E-state index contributed by atoms with van der Waals surface area (Å²) in [7, 11) is 0. The Morgan fingerprint density at radius 2 is 2.00 bits per heavy atom. The van der Waals surface area contributed by atoms with Gasteiger partial charge in [0, 0.05) is 0 Å². The molecule has 1 amide bonds. The van der Waals surface area contributed by atoms with Crippen molar-refractivity contribution in [3.8, 4) is 0 Å². The molecule has 0 aromatic heterocycles. The first-order valence-electron chi connectivity index (χ1n) is 3.52. The second-order valence-electron chi connectivity index (χ2n) is 3.37. The molecule has 3 radical (unpaired) electrons. The summed E-state index contributed by atoms with van der Waals surface area (Å²) in [6, 6.07) is 0. The molecule has 0 aliphatic heterocycles. The molecule has 1 unspecified atom stereocenters. The Morgan fingerprint density at radius 3 is 2.27 bits per heavy atom. The number of nitrogens with one attached hydrogen (secondary N) is 1. The molecule has 0 aromatic carbocycles. The first-order valence-corrected chi connectivity index (χ1v) is 5.76. The maximum atomic E-state index is 11.0. The average molecular weight is 351 g/mol. The van der Waals surface area contributed by atoms with E-state index in [4.69, 9.17) is 4.74 Å². The Labute approximate surface area is 83.6 Å². The van der Waals surface area contributed by atoms with Gasteiger partial charge in [-0.3, -0.25) is 0 Å². The van der Waals surface area contributed by atoms with Gasteiger partial charge in [0.2, 0.25) is 0 Å². The molecule has 1 N–H and O–H groups in total. The van der Waals surface area contributed by atoms with Crippen molar-refractivity contribution in [1.82, 2.24) is 5.32 Å². The van der Waals surface area contributed by atoms with Gasteiger partial charge in [0.1, 0.15) is 0 Å². The zero-order chi connectivity index (χ0) is 9.07. The quantitative estimate of drug-likeness (QED) is 0.717. The van der Waals surface area contributed by atoms with Crippen LogP contribution in [0.3, 0.4) is 0 Å². The van der Waals surface area contributed by atoms with Gasteiger partial charge in [-0.05, 0) is 0 Å². The Morgan fingerprint density at radius 1 is 1.55 bits per heavy atom. The minimum atomic E-state index is -0.388. The van der Waals surface area contributed by atoms with Gasteiger partial charge in [-0.2, -0.15) is 0 Å². The number of amides is 1. The van der Waals surface area contributed by atoms with Gasteiger partial charge in [-0.1, -0.05) is 0 Å². The number of hydrogen-bond acceptors (Lipinski definition) is 2. The van der Waals surface area contributed by atoms with E-state index in [1.165, 1.54) is 0 Å². The molecule has 0 heterocycles. The van der Waals surface area contributed by atoms with Crippen molar-refractivity contribution >= 4 is 31.9 Å².